The molecule has 98 valence electrons. The Morgan fingerprint density at radius 2 is 1.72 bits per heavy atom. The van der Waals surface area contributed by atoms with Crippen molar-refractivity contribution in [3.05, 3.63) is 18.2 Å². The molecule has 1 rings (SSSR count). The maximum Gasteiger partial charge on any atom is 0.221 e. The number of hydrogen-bond donors (Lipinski definition) is 2. The summed E-state index contributed by atoms with van der Waals surface area (Å²) < 4.78 is 5.60. The standard InChI is InChI=1S/C13H18N2O3/c1-8(2)18-12-7-5-6-11(14-9(3)16)13(12)15-10(4)17/h5-8H,1-4H3,(H,14,16)(H,15,17). The van der Waals surface area contributed by atoms with E-state index in [0.29, 0.717) is 17.1 Å². The fraction of sp³-hybridized carbons (Fsp3) is 0.385. The Hall–Kier alpha value is -2.04. The average Bonchev–Trinajstić information content (AvgIpc) is 2.20. The summed E-state index contributed by atoms with van der Waals surface area (Å²) in [7, 11) is 0. The predicted octanol–water partition coefficient (Wildman–Crippen LogP) is 2.39. The van der Waals surface area contributed by atoms with Crippen molar-refractivity contribution in [2.75, 3.05) is 10.6 Å². The molecule has 0 atom stereocenters. The van der Waals surface area contributed by atoms with E-state index in [9.17, 15) is 9.59 Å². The SMILES string of the molecule is CC(=O)Nc1cccc(OC(C)C)c1NC(C)=O. The second-order valence-electron chi connectivity index (χ2n) is 4.21. The van der Waals surface area contributed by atoms with Crippen LogP contribution in [-0.4, -0.2) is 17.9 Å². The van der Waals surface area contributed by atoms with Crippen LogP contribution in [0.5, 0.6) is 5.75 Å². The quantitative estimate of drug-likeness (QED) is 0.862. The Bertz CT molecular complexity index is 456. The highest BCUT2D eigenvalue weighted by atomic mass is 16.5. The lowest BCUT2D eigenvalue weighted by atomic mass is 10.2. The fourth-order valence-electron chi connectivity index (χ4n) is 1.48. The molecule has 1 aromatic carbocycles. The summed E-state index contributed by atoms with van der Waals surface area (Å²) >= 11 is 0. The number of benzene rings is 1. The van der Waals surface area contributed by atoms with Crippen LogP contribution in [0, 0.1) is 0 Å². The number of rotatable bonds is 4. The molecule has 0 heterocycles. The van der Waals surface area contributed by atoms with Gasteiger partial charge in [-0.2, -0.15) is 0 Å². The van der Waals surface area contributed by atoms with E-state index in [1.54, 1.807) is 18.2 Å². The number of anilines is 2. The number of ether oxygens (including phenoxy) is 1. The van der Waals surface area contributed by atoms with Gasteiger partial charge in [0.25, 0.3) is 0 Å². The predicted molar refractivity (Wildman–Crippen MR) is 70.8 cm³/mol. The lowest BCUT2D eigenvalue weighted by Crippen LogP contribution is -2.15. The largest absolute Gasteiger partial charge is 0.489 e. The summed E-state index contributed by atoms with van der Waals surface area (Å²) in [5, 5.41) is 5.33. The number of carbonyl (C=O) groups is 2. The minimum absolute atomic E-state index is 0.0231. The van der Waals surface area contributed by atoms with Gasteiger partial charge in [-0.3, -0.25) is 9.59 Å². The molecule has 0 aliphatic rings. The topological polar surface area (TPSA) is 67.4 Å². The zero-order valence-electron chi connectivity index (χ0n) is 11.0. The molecule has 5 nitrogen and oxygen atoms in total. The highest BCUT2D eigenvalue weighted by Gasteiger charge is 2.12. The van der Waals surface area contributed by atoms with Crippen molar-refractivity contribution in [1.82, 2.24) is 0 Å². The number of hydrogen-bond acceptors (Lipinski definition) is 3. The van der Waals surface area contributed by atoms with Gasteiger partial charge < -0.3 is 15.4 Å². The minimum atomic E-state index is -0.221. The second-order valence-corrected chi connectivity index (χ2v) is 4.21. The molecule has 0 aromatic heterocycles. The Balaban J connectivity index is 3.15. The highest BCUT2D eigenvalue weighted by Crippen LogP contribution is 2.33. The van der Waals surface area contributed by atoms with E-state index in [-0.39, 0.29) is 17.9 Å². The normalized spacial score (nSPS) is 10.1. The van der Waals surface area contributed by atoms with Crippen LogP contribution in [0.15, 0.2) is 18.2 Å². The van der Waals surface area contributed by atoms with Crippen LogP contribution >= 0.6 is 0 Å². The van der Waals surface area contributed by atoms with Gasteiger partial charge >= 0.3 is 0 Å². The summed E-state index contributed by atoms with van der Waals surface area (Å²) in [6, 6.07) is 5.21. The lowest BCUT2D eigenvalue weighted by molar-refractivity contribution is -0.115. The monoisotopic (exact) mass is 250 g/mol. The first-order valence-electron chi connectivity index (χ1n) is 5.75. The van der Waals surface area contributed by atoms with Crippen LogP contribution in [0.25, 0.3) is 0 Å². The maximum atomic E-state index is 11.2. The summed E-state index contributed by atoms with van der Waals surface area (Å²) in [6.45, 7) is 6.60. The molecule has 0 saturated carbocycles. The molecule has 18 heavy (non-hydrogen) atoms. The Morgan fingerprint density at radius 1 is 1.11 bits per heavy atom. The summed E-state index contributed by atoms with van der Waals surface area (Å²) in [5.41, 5.74) is 1.00. The van der Waals surface area contributed by atoms with Crippen molar-refractivity contribution in [2.45, 2.75) is 33.8 Å². The van der Waals surface area contributed by atoms with Crippen LogP contribution in [0.3, 0.4) is 0 Å². The summed E-state index contributed by atoms with van der Waals surface area (Å²) in [6.07, 6.45) is -0.0231. The molecular formula is C13H18N2O3. The zero-order chi connectivity index (χ0) is 13.7. The fourth-order valence-corrected chi connectivity index (χ4v) is 1.48. The summed E-state index contributed by atoms with van der Waals surface area (Å²) in [5.74, 6) is 0.108. The average molecular weight is 250 g/mol. The molecule has 5 heteroatoms. The van der Waals surface area contributed by atoms with Gasteiger partial charge in [0.1, 0.15) is 11.4 Å². The Morgan fingerprint density at radius 3 is 2.22 bits per heavy atom. The van der Waals surface area contributed by atoms with Crippen molar-refractivity contribution >= 4 is 23.2 Å². The van der Waals surface area contributed by atoms with E-state index in [1.165, 1.54) is 13.8 Å². The van der Waals surface area contributed by atoms with Gasteiger partial charge in [-0.25, -0.2) is 0 Å². The van der Waals surface area contributed by atoms with Crippen molar-refractivity contribution in [3.63, 3.8) is 0 Å². The summed E-state index contributed by atoms with van der Waals surface area (Å²) in [4.78, 5) is 22.3. The lowest BCUT2D eigenvalue weighted by Gasteiger charge is -2.17. The number of carbonyl (C=O) groups excluding carboxylic acids is 2. The van der Waals surface area contributed by atoms with Gasteiger partial charge in [0.05, 0.1) is 11.8 Å². The zero-order valence-corrected chi connectivity index (χ0v) is 11.0. The third-order valence-corrected chi connectivity index (χ3v) is 2.00. The molecule has 0 radical (unpaired) electrons. The molecule has 0 unspecified atom stereocenters. The van der Waals surface area contributed by atoms with Gasteiger partial charge in [0, 0.05) is 13.8 Å². The third-order valence-electron chi connectivity index (χ3n) is 2.00. The first-order chi connectivity index (χ1) is 8.40. The third kappa shape index (κ3) is 4.08. The molecule has 2 amide bonds. The number of nitrogens with one attached hydrogen (secondary N) is 2. The van der Waals surface area contributed by atoms with Gasteiger partial charge in [0.2, 0.25) is 11.8 Å². The molecule has 0 bridgehead atoms. The van der Waals surface area contributed by atoms with Gasteiger partial charge in [-0.05, 0) is 26.0 Å². The maximum absolute atomic E-state index is 11.2. The second kappa shape index (κ2) is 6.05. The van der Waals surface area contributed by atoms with Gasteiger partial charge in [-0.1, -0.05) is 6.07 Å². The Labute approximate surface area is 107 Å². The van der Waals surface area contributed by atoms with Gasteiger partial charge in [-0.15, -0.1) is 0 Å². The van der Waals surface area contributed by atoms with E-state index in [1.807, 2.05) is 13.8 Å². The molecule has 0 aliphatic carbocycles. The molecule has 0 fully saturated rings. The molecular weight excluding hydrogens is 232 g/mol. The van der Waals surface area contributed by atoms with Crippen LogP contribution < -0.4 is 15.4 Å². The van der Waals surface area contributed by atoms with Crippen LogP contribution in [0.2, 0.25) is 0 Å². The van der Waals surface area contributed by atoms with E-state index in [4.69, 9.17) is 4.74 Å². The minimum Gasteiger partial charge on any atom is -0.489 e. The smallest absolute Gasteiger partial charge is 0.221 e. The van der Waals surface area contributed by atoms with Crippen molar-refractivity contribution in [3.8, 4) is 5.75 Å². The van der Waals surface area contributed by atoms with E-state index >= 15 is 0 Å². The molecule has 1 aromatic rings. The van der Waals surface area contributed by atoms with E-state index in [2.05, 4.69) is 10.6 Å². The Kier molecular flexibility index (Phi) is 4.71. The highest BCUT2D eigenvalue weighted by molar-refractivity contribution is 6.00. The van der Waals surface area contributed by atoms with Crippen molar-refractivity contribution < 1.29 is 14.3 Å². The van der Waals surface area contributed by atoms with Crippen molar-refractivity contribution in [1.29, 1.82) is 0 Å². The van der Waals surface area contributed by atoms with E-state index < -0.39 is 0 Å². The number of amides is 2. The van der Waals surface area contributed by atoms with Gasteiger partial charge in [0.15, 0.2) is 0 Å². The molecule has 0 spiro atoms. The van der Waals surface area contributed by atoms with Crippen molar-refractivity contribution in [2.24, 2.45) is 0 Å². The van der Waals surface area contributed by atoms with Crippen LogP contribution in [-0.2, 0) is 9.59 Å². The number of para-hydroxylation sites is 1. The molecule has 0 aliphatic heterocycles. The van der Waals surface area contributed by atoms with Crippen LogP contribution in [0.4, 0.5) is 11.4 Å². The van der Waals surface area contributed by atoms with E-state index in [0.717, 1.165) is 0 Å². The first kappa shape index (κ1) is 14.0. The first-order valence-corrected chi connectivity index (χ1v) is 5.75. The molecule has 2 N–H and O–H groups in total. The molecule has 0 saturated heterocycles. The van der Waals surface area contributed by atoms with Crippen LogP contribution in [0.1, 0.15) is 27.7 Å².